The summed E-state index contributed by atoms with van der Waals surface area (Å²) in [5.74, 6) is -1.52. The third-order valence-electron chi connectivity index (χ3n) is 6.22. The van der Waals surface area contributed by atoms with Crippen LogP contribution in [-0.4, -0.2) is 67.1 Å². The van der Waals surface area contributed by atoms with Gasteiger partial charge in [0.25, 0.3) is 15.8 Å². The number of halogens is 2. The Morgan fingerprint density at radius 1 is 1.00 bits per heavy atom. The van der Waals surface area contributed by atoms with E-state index in [2.05, 4.69) is 5.10 Å². The average molecular weight is 468 g/mol. The van der Waals surface area contributed by atoms with Crippen LogP contribution in [0.2, 0.25) is 0 Å². The van der Waals surface area contributed by atoms with Gasteiger partial charge in [0.15, 0.2) is 0 Å². The molecule has 2 fully saturated rings. The Morgan fingerprint density at radius 2 is 1.59 bits per heavy atom. The van der Waals surface area contributed by atoms with Crippen LogP contribution in [0.3, 0.4) is 0 Å². The molecule has 0 unspecified atom stereocenters. The number of anilines is 1. The lowest BCUT2D eigenvalue weighted by molar-refractivity contribution is 0.355. The standard InChI is InChI=1S/C21H27F2N5O3S/c1-25(2)32(30,31)27-9-7-26(8-10-27)19-14-24-28(18-12-16(22)11-17(23)13-18)21(29)20(19)15-5-3-4-6-15/h11-15H,3-10H2,1-2H3. The molecular formula is C21H27F2N5O3S. The molecule has 0 radical (unpaired) electrons. The van der Waals surface area contributed by atoms with E-state index in [4.69, 9.17) is 0 Å². The van der Waals surface area contributed by atoms with Gasteiger partial charge in [-0.15, -0.1) is 0 Å². The van der Waals surface area contributed by atoms with Crippen LogP contribution < -0.4 is 10.5 Å². The molecular weight excluding hydrogens is 440 g/mol. The Labute approximate surface area is 186 Å². The predicted molar refractivity (Wildman–Crippen MR) is 117 cm³/mol. The zero-order valence-electron chi connectivity index (χ0n) is 18.2. The Kier molecular flexibility index (Phi) is 6.33. The summed E-state index contributed by atoms with van der Waals surface area (Å²) in [6, 6.07) is 2.92. The fourth-order valence-electron chi connectivity index (χ4n) is 4.54. The molecule has 0 spiro atoms. The van der Waals surface area contributed by atoms with Crippen LogP contribution in [0.5, 0.6) is 0 Å². The van der Waals surface area contributed by atoms with Crippen LogP contribution in [0.15, 0.2) is 29.2 Å². The number of benzene rings is 1. The number of aromatic nitrogens is 2. The highest BCUT2D eigenvalue weighted by Crippen LogP contribution is 2.37. The number of rotatable bonds is 5. The van der Waals surface area contributed by atoms with Gasteiger partial charge in [-0.1, -0.05) is 12.8 Å². The van der Waals surface area contributed by atoms with Gasteiger partial charge in [-0.05, 0) is 30.9 Å². The van der Waals surface area contributed by atoms with Crippen LogP contribution in [0.4, 0.5) is 14.5 Å². The summed E-state index contributed by atoms with van der Waals surface area (Å²) >= 11 is 0. The normalized spacial score (nSPS) is 18.6. The highest BCUT2D eigenvalue weighted by molar-refractivity contribution is 7.86. The van der Waals surface area contributed by atoms with Crippen molar-refractivity contribution in [1.29, 1.82) is 0 Å². The van der Waals surface area contributed by atoms with Gasteiger partial charge >= 0.3 is 0 Å². The zero-order valence-corrected chi connectivity index (χ0v) is 19.0. The molecule has 11 heteroatoms. The highest BCUT2D eigenvalue weighted by atomic mass is 32.2. The van der Waals surface area contributed by atoms with Crippen molar-refractivity contribution >= 4 is 15.9 Å². The molecule has 1 aliphatic heterocycles. The zero-order chi connectivity index (χ0) is 23.0. The third-order valence-corrected chi connectivity index (χ3v) is 8.16. The van der Waals surface area contributed by atoms with Crippen molar-refractivity contribution in [2.75, 3.05) is 45.2 Å². The van der Waals surface area contributed by atoms with Crippen molar-refractivity contribution in [3.05, 3.63) is 51.9 Å². The summed E-state index contributed by atoms with van der Waals surface area (Å²) < 4.78 is 56.0. The lowest BCUT2D eigenvalue weighted by Gasteiger charge is -2.37. The minimum absolute atomic E-state index is 0.0358. The van der Waals surface area contributed by atoms with Gasteiger partial charge in [0.2, 0.25) is 0 Å². The van der Waals surface area contributed by atoms with Gasteiger partial charge < -0.3 is 4.90 Å². The summed E-state index contributed by atoms with van der Waals surface area (Å²) in [4.78, 5) is 15.5. The van der Waals surface area contributed by atoms with E-state index in [9.17, 15) is 22.0 Å². The lowest BCUT2D eigenvalue weighted by Crippen LogP contribution is -2.52. The molecule has 0 bridgehead atoms. The molecule has 174 valence electrons. The lowest BCUT2D eigenvalue weighted by atomic mass is 9.97. The van der Waals surface area contributed by atoms with E-state index >= 15 is 0 Å². The van der Waals surface area contributed by atoms with Crippen molar-refractivity contribution in [1.82, 2.24) is 18.4 Å². The van der Waals surface area contributed by atoms with Crippen molar-refractivity contribution in [3.8, 4) is 5.69 Å². The topological polar surface area (TPSA) is 78.8 Å². The first kappa shape index (κ1) is 22.8. The Hall–Kier alpha value is -2.37. The number of piperazine rings is 1. The third kappa shape index (κ3) is 4.28. The van der Waals surface area contributed by atoms with E-state index in [-0.39, 0.29) is 17.2 Å². The van der Waals surface area contributed by atoms with Crippen molar-refractivity contribution < 1.29 is 17.2 Å². The SMILES string of the molecule is CN(C)S(=O)(=O)N1CCN(c2cnn(-c3cc(F)cc(F)c3)c(=O)c2C2CCCC2)CC1. The molecule has 1 aromatic heterocycles. The van der Waals surface area contributed by atoms with Crippen LogP contribution in [0.25, 0.3) is 5.69 Å². The fraction of sp³-hybridized carbons (Fsp3) is 0.524. The van der Waals surface area contributed by atoms with Gasteiger partial charge in [0.1, 0.15) is 11.6 Å². The first-order chi connectivity index (χ1) is 15.2. The quantitative estimate of drug-likeness (QED) is 0.673. The van der Waals surface area contributed by atoms with Crippen LogP contribution >= 0.6 is 0 Å². The Bertz CT molecular complexity index is 1130. The molecule has 2 aromatic rings. The molecule has 8 nitrogen and oxygen atoms in total. The molecule has 1 saturated heterocycles. The second kappa shape index (κ2) is 8.87. The summed E-state index contributed by atoms with van der Waals surface area (Å²) in [6.45, 7) is 1.44. The van der Waals surface area contributed by atoms with Gasteiger partial charge in [-0.25, -0.2) is 8.78 Å². The average Bonchev–Trinajstić information content (AvgIpc) is 3.27. The molecule has 32 heavy (non-hydrogen) atoms. The molecule has 0 N–H and O–H groups in total. The maximum absolute atomic E-state index is 13.8. The van der Waals surface area contributed by atoms with E-state index in [0.717, 1.165) is 48.6 Å². The molecule has 1 saturated carbocycles. The van der Waals surface area contributed by atoms with Gasteiger partial charge in [0, 0.05) is 51.9 Å². The maximum Gasteiger partial charge on any atom is 0.281 e. The van der Waals surface area contributed by atoms with Crippen molar-refractivity contribution in [2.45, 2.75) is 31.6 Å². The summed E-state index contributed by atoms with van der Waals surface area (Å²) in [6.07, 6.45) is 5.30. The maximum atomic E-state index is 13.8. The first-order valence-electron chi connectivity index (χ1n) is 10.7. The highest BCUT2D eigenvalue weighted by Gasteiger charge is 2.32. The monoisotopic (exact) mass is 467 g/mol. The van der Waals surface area contributed by atoms with E-state index in [1.807, 2.05) is 4.90 Å². The Morgan fingerprint density at radius 3 is 2.16 bits per heavy atom. The second-order valence-corrected chi connectivity index (χ2v) is 10.6. The van der Waals surface area contributed by atoms with Crippen molar-refractivity contribution in [3.63, 3.8) is 0 Å². The molecule has 1 aromatic carbocycles. The van der Waals surface area contributed by atoms with Gasteiger partial charge in [-0.3, -0.25) is 4.79 Å². The minimum atomic E-state index is -3.50. The van der Waals surface area contributed by atoms with E-state index in [1.165, 1.54) is 22.7 Å². The molecule has 4 rings (SSSR count). The van der Waals surface area contributed by atoms with Crippen molar-refractivity contribution in [2.24, 2.45) is 0 Å². The van der Waals surface area contributed by atoms with Gasteiger partial charge in [0.05, 0.1) is 17.6 Å². The summed E-state index contributed by atoms with van der Waals surface area (Å²) in [5, 5.41) is 4.22. The van der Waals surface area contributed by atoms with Gasteiger partial charge in [-0.2, -0.15) is 26.8 Å². The number of nitrogens with zero attached hydrogens (tertiary/aromatic N) is 5. The van der Waals surface area contributed by atoms with Crippen LogP contribution in [-0.2, 0) is 10.2 Å². The van der Waals surface area contributed by atoms with E-state index in [0.29, 0.717) is 37.4 Å². The first-order valence-corrected chi connectivity index (χ1v) is 12.1. The summed E-state index contributed by atoms with van der Waals surface area (Å²) in [5.41, 5.74) is 0.922. The number of hydrogen-bond donors (Lipinski definition) is 0. The van der Waals surface area contributed by atoms with Crippen LogP contribution in [0.1, 0.15) is 37.2 Å². The molecule has 0 atom stereocenters. The summed E-state index contributed by atoms with van der Waals surface area (Å²) in [7, 11) is -0.505. The Balaban J connectivity index is 1.70. The second-order valence-electron chi connectivity index (χ2n) is 8.45. The minimum Gasteiger partial charge on any atom is -0.367 e. The fourth-order valence-corrected chi connectivity index (χ4v) is 5.63. The predicted octanol–water partition coefficient (Wildman–Crippen LogP) is 2.10. The number of hydrogen-bond acceptors (Lipinski definition) is 5. The van der Waals surface area contributed by atoms with E-state index in [1.54, 1.807) is 6.20 Å². The smallest absolute Gasteiger partial charge is 0.281 e. The molecule has 0 amide bonds. The molecule has 2 heterocycles. The molecule has 1 aliphatic carbocycles. The molecule has 2 aliphatic rings. The van der Waals surface area contributed by atoms with Crippen LogP contribution in [0, 0.1) is 11.6 Å². The van der Waals surface area contributed by atoms with E-state index < -0.39 is 21.8 Å². The largest absolute Gasteiger partial charge is 0.367 e.